The number of aliphatic carboxylic acids is 1. The van der Waals surface area contributed by atoms with Crippen LogP contribution in [0.2, 0.25) is 0 Å². The van der Waals surface area contributed by atoms with Crippen LogP contribution in [0.1, 0.15) is 23.1 Å². The normalized spacial score (nSPS) is 13.6. The van der Waals surface area contributed by atoms with Crippen LogP contribution >= 0.6 is 0 Å². The number of nitrogens with two attached hydrogens (primary N) is 2. The second-order valence-electron chi connectivity index (χ2n) is 10.9. The van der Waals surface area contributed by atoms with Gasteiger partial charge in [-0.2, -0.15) is 0 Å². The van der Waals surface area contributed by atoms with E-state index in [1.807, 2.05) is 24.3 Å². The number of phenolic OH excluding ortho intramolecular Hbond substituents is 1. The molecule has 0 aliphatic heterocycles. The quantitative estimate of drug-likeness (QED) is 0.0929. The lowest BCUT2D eigenvalue weighted by Crippen LogP contribution is -2.58. The molecule has 10 N–H and O–H groups in total. The number of amides is 4. The molecule has 0 saturated heterocycles. The summed E-state index contributed by atoms with van der Waals surface area (Å²) in [6, 6.07) is 16.9. The number of benzene rings is 3. The van der Waals surface area contributed by atoms with Gasteiger partial charge in [0.2, 0.25) is 23.6 Å². The minimum absolute atomic E-state index is 0.0184. The highest BCUT2D eigenvalue weighted by molar-refractivity contribution is 5.96. The molecule has 4 atom stereocenters. The SMILES string of the molecule is NC(=O)CC(NC(=O)C(N)Cc1ccc(O)cc1)C(=O)NC(Cc1ccccc1)C(=O)NC(Cc1c[nH]c2ccccc12)C(=O)O. The Morgan fingerprint density at radius 3 is 1.96 bits per heavy atom. The van der Waals surface area contributed by atoms with Crippen molar-refractivity contribution in [3.05, 3.63) is 102 Å². The van der Waals surface area contributed by atoms with E-state index in [0.29, 0.717) is 16.7 Å². The van der Waals surface area contributed by atoms with Crippen LogP contribution in [-0.4, -0.2) is 69.0 Å². The van der Waals surface area contributed by atoms with E-state index < -0.39 is 60.2 Å². The molecule has 4 amide bonds. The van der Waals surface area contributed by atoms with Crippen LogP contribution in [-0.2, 0) is 43.2 Å². The lowest BCUT2D eigenvalue weighted by atomic mass is 10.0. The number of carbonyl (C=O) groups excluding carboxylic acids is 4. The predicted octanol–water partition coefficient (Wildman–Crippen LogP) is 0.643. The number of H-pyrrole nitrogens is 1. The van der Waals surface area contributed by atoms with Crippen LogP contribution in [0.3, 0.4) is 0 Å². The Balaban J connectivity index is 1.50. The van der Waals surface area contributed by atoms with E-state index in [9.17, 15) is 34.2 Å². The number of aromatic hydroxyl groups is 1. The molecular weight excluding hydrogens is 592 g/mol. The van der Waals surface area contributed by atoms with Crippen molar-refractivity contribution < 1.29 is 34.2 Å². The van der Waals surface area contributed by atoms with E-state index in [2.05, 4.69) is 20.9 Å². The van der Waals surface area contributed by atoms with Gasteiger partial charge in [-0.15, -0.1) is 0 Å². The average molecular weight is 629 g/mol. The molecule has 240 valence electrons. The molecule has 13 heteroatoms. The molecule has 1 aromatic heterocycles. The number of aromatic nitrogens is 1. The van der Waals surface area contributed by atoms with Crippen molar-refractivity contribution in [2.45, 2.75) is 49.9 Å². The molecule has 0 bridgehead atoms. The second-order valence-corrected chi connectivity index (χ2v) is 10.9. The van der Waals surface area contributed by atoms with Gasteiger partial charge in [-0.05, 0) is 41.3 Å². The predicted molar refractivity (Wildman–Crippen MR) is 169 cm³/mol. The van der Waals surface area contributed by atoms with E-state index in [1.165, 1.54) is 12.1 Å². The Labute approximate surface area is 264 Å². The van der Waals surface area contributed by atoms with Gasteiger partial charge < -0.3 is 42.6 Å². The van der Waals surface area contributed by atoms with Gasteiger partial charge in [-0.3, -0.25) is 19.2 Å². The summed E-state index contributed by atoms with van der Waals surface area (Å²) in [6.45, 7) is 0. The molecule has 0 aliphatic rings. The fourth-order valence-corrected chi connectivity index (χ4v) is 4.99. The summed E-state index contributed by atoms with van der Waals surface area (Å²) in [4.78, 5) is 67.1. The van der Waals surface area contributed by atoms with Crippen molar-refractivity contribution in [3.8, 4) is 5.75 Å². The molecule has 0 radical (unpaired) electrons. The molecule has 0 aliphatic carbocycles. The second kappa shape index (κ2) is 15.3. The van der Waals surface area contributed by atoms with Crippen LogP contribution in [0.5, 0.6) is 5.75 Å². The maximum absolute atomic E-state index is 13.6. The third kappa shape index (κ3) is 9.16. The Bertz CT molecular complexity index is 1690. The summed E-state index contributed by atoms with van der Waals surface area (Å²) in [6.07, 6.45) is 1.12. The number of aromatic amines is 1. The number of phenols is 1. The van der Waals surface area contributed by atoms with Crippen molar-refractivity contribution in [1.29, 1.82) is 0 Å². The standard InChI is InChI=1S/C33H36N6O7/c34-24(14-20-10-12-22(40)13-11-20)30(42)37-27(17-29(35)41)32(44)38-26(15-19-6-2-1-3-7-19)31(43)39-28(33(45)46)16-21-18-36-25-9-5-4-8-23(21)25/h1-13,18,24,26-28,36,40H,14-17,34H2,(H2,35,41)(H,37,42)(H,38,44)(H,39,43)(H,45,46). The highest BCUT2D eigenvalue weighted by Crippen LogP contribution is 2.19. The Morgan fingerprint density at radius 2 is 1.28 bits per heavy atom. The van der Waals surface area contributed by atoms with Crippen molar-refractivity contribution in [3.63, 3.8) is 0 Å². The van der Waals surface area contributed by atoms with Crippen LogP contribution in [0.25, 0.3) is 10.9 Å². The number of hydrogen-bond donors (Lipinski definition) is 8. The summed E-state index contributed by atoms with van der Waals surface area (Å²) < 4.78 is 0. The molecule has 4 unspecified atom stereocenters. The topological polar surface area (TPSA) is 230 Å². The molecule has 13 nitrogen and oxygen atoms in total. The fourth-order valence-electron chi connectivity index (χ4n) is 4.99. The van der Waals surface area contributed by atoms with Crippen LogP contribution in [0.15, 0.2) is 85.1 Å². The minimum Gasteiger partial charge on any atom is -0.508 e. The summed E-state index contributed by atoms with van der Waals surface area (Å²) in [5.41, 5.74) is 14.2. The molecule has 4 rings (SSSR count). The Morgan fingerprint density at radius 1 is 0.696 bits per heavy atom. The molecule has 1 heterocycles. The van der Waals surface area contributed by atoms with Gasteiger partial charge in [0.25, 0.3) is 0 Å². The van der Waals surface area contributed by atoms with Crippen LogP contribution in [0.4, 0.5) is 0 Å². The van der Waals surface area contributed by atoms with Gasteiger partial charge in [0.15, 0.2) is 0 Å². The molecule has 0 fully saturated rings. The monoisotopic (exact) mass is 628 g/mol. The van der Waals surface area contributed by atoms with Crippen LogP contribution in [0, 0.1) is 0 Å². The first-order valence-corrected chi connectivity index (χ1v) is 14.5. The highest BCUT2D eigenvalue weighted by Gasteiger charge is 2.31. The number of nitrogens with one attached hydrogen (secondary N) is 4. The highest BCUT2D eigenvalue weighted by atomic mass is 16.4. The van der Waals surface area contributed by atoms with Gasteiger partial charge in [-0.25, -0.2) is 4.79 Å². The number of para-hydroxylation sites is 1. The minimum atomic E-state index is -1.47. The van der Waals surface area contributed by atoms with Gasteiger partial charge in [0.05, 0.1) is 12.5 Å². The number of hydrogen-bond acceptors (Lipinski definition) is 7. The van der Waals surface area contributed by atoms with E-state index >= 15 is 0 Å². The van der Waals surface area contributed by atoms with E-state index in [-0.39, 0.29) is 25.0 Å². The van der Waals surface area contributed by atoms with Crippen LogP contribution < -0.4 is 27.4 Å². The Kier molecular flexibility index (Phi) is 11.1. The number of fused-ring (bicyclic) bond motifs is 1. The average Bonchev–Trinajstić information content (AvgIpc) is 3.44. The van der Waals surface area contributed by atoms with Crippen molar-refractivity contribution >= 4 is 40.5 Å². The zero-order valence-corrected chi connectivity index (χ0v) is 24.8. The van der Waals surface area contributed by atoms with Gasteiger partial charge in [-0.1, -0.05) is 60.7 Å². The number of carboxylic acids is 1. The van der Waals surface area contributed by atoms with Gasteiger partial charge >= 0.3 is 5.97 Å². The maximum atomic E-state index is 13.6. The summed E-state index contributed by atoms with van der Waals surface area (Å²) in [5.74, 6) is -4.53. The lowest BCUT2D eigenvalue weighted by molar-refractivity contribution is -0.142. The summed E-state index contributed by atoms with van der Waals surface area (Å²) in [7, 11) is 0. The molecule has 4 aromatic rings. The van der Waals surface area contributed by atoms with E-state index in [1.54, 1.807) is 48.7 Å². The van der Waals surface area contributed by atoms with Crippen molar-refractivity contribution in [2.24, 2.45) is 11.5 Å². The first-order valence-electron chi connectivity index (χ1n) is 14.5. The number of carboxylic acid groups (broad SMARTS) is 1. The molecule has 3 aromatic carbocycles. The number of primary amides is 1. The summed E-state index contributed by atoms with van der Waals surface area (Å²) >= 11 is 0. The molecule has 46 heavy (non-hydrogen) atoms. The third-order valence-corrected chi connectivity index (χ3v) is 7.40. The molecular formula is C33H36N6O7. The van der Waals surface area contributed by atoms with Crippen molar-refractivity contribution in [2.75, 3.05) is 0 Å². The van der Waals surface area contributed by atoms with E-state index in [4.69, 9.17) is 11.5 Å². The number of rotatable bonds is 15. The first-order chi connectivity index (χ1) is 22.0. The third-order valence-electron chi connectivity index (χ3n) is 7.40. The smallest absolute Gasteiger partial charge is 0.326 e. The van der Waals surface area contributed by atoms with Gasteiger partial charge in [0, 0.05) is 29.9 Å². The Hall–Kier alpha value is -5.69. The zero-order chi connectivity index (χ0) is 33.2. The largest absolute Gasteiger partial charge is 0.508 e. The lowest BCUT2D eigenvalue weighted by Gasteiger charge is -2.25. The maximum Gasteiger partial charge on any atom is 0.326 e. The summed E-state index contributed by atoms with van der Waals surface area (Å²) in [5, 5.41) is 27.8. The molecule has 0 saturated carbocycles. The fraction of sp³-hybridized carbons (Fsp3) is 0.242. The molecule has 0 spiro atoms. The first kappa shape index (κ1) is 33.2. The number of carbonyl (C=O) groups is 5. The van der Waals surface area contributed by atoms with Crippen molar-refractivity contribution in [1.82, 2.24) is 20.9 Å². The van der Waals surface area contributed by atoms with Gasteiger partial charge in [0.1, 0.15) is 23.9 Å². The zero-order valence-electron chi connectivity index (χ0n) is 24.8. The van der Waals surface area contributed by atoms with E-state index in [0.717, 1.165) is 10.9 Å².